The number of ether oxygens (including phenoxy) is 1. The number of thioether (sulfide) groups is 1. The maximum Gasteiger partial charge on any atom is 0.418 e. The molecule has 0 aliphatic carbocycles. The molecule has 3 heterocycles. The molecule has 32 heavy (non-hydrogen) atoms. The van der Waals surface area contributed by atoms with Gasteiger partial charge in [0, 0.05) is 17.6 Å². The fraction of sp³-hybridized carbons (Fsp3) is 0.200. The zero-order valence-electron chi connectivity index (χ0n) is 17.2. The average molecular weight is 453 g/mol. The summed E-state index contributed by atoms with van der Waals surface area (Å²) in [4.78, 5) is 8.72. The molecule has 5 rings (SSSR count). The third-order valence-corrected chi connectivity index (χ3v) is 6.60. The first-order valence-corrected chi connectivity index (χ1v) is 11.3. The second-order valence-corrected chi connectivity index (χ2v) is 8.80. The van der Waals surface area contributed by atoms with Crippen LogP contribution in [0.15, 0.2) is 65.8 Å². The lowest BCUT2D eigenvalue weighted by atomic mass is 9.95. The van der Waals surface area contributed by atoms with Crippen molar-refractivity contribution in [2.45, 2.75) is 31.0 Å². The molecule has 7 heteroatoms. The van der Waals surface area contributed by atoms with E-state index in [-0.39, 0.29) is 5.52 Å². The van der Waals surface area contributed by atoms with Gasteiger partial charge in [0.2, 0.25) is 5.88 Å². The first-order chi connectivity index (χ1) is 15.4. The molecule has 2 aromatic carbocycles. The van der Waals surface area contributed by atoms with Crippen LogP contribution in [-0.4, -0.2) is 15.7 Å². The van der Waals surface area contributed by atoms with Crippen LogP contribution >= 0.6 is 11.8 Å². The molecule has 3 nitrogen and oxygen atoms in total. The quantitative estimate of drug-likeness (QED) is 0.323. The number of para-hydroxylation sites is 1. The molecule has 4 aromatic rings. The number of aryl methyl sites for hydroxylation is 2. The number of alkyl halides is 3. The third-order valence-electron chi connectivity index (χ3n) is 5.48. The van der Waals surface area contributed by atoms with E-state index in [1.54, 1.807) is 17.8 Å². The van der Waals surface area contributed by atoms with Crippen molar-refractivity contribution in [2.24, 2.45) is 0 Å². The summed E-state index contributed by atoms with van der Waals surface area (Å²) in [7, 11) is 0. The molecule has 0 radical (unpaired) electrons. The SMILES string of the molecule is Cc1cnc2c(C(F)(F)F)cccc2c1-c1cccc(Oc2ccc3c(n2)SCCC3)c1. The Morgan fingerprint density at radius 1 is 1.03 bits per heavy atom. The predicted octanol–water partition coefficient (Wildman–Crippen LogP) is 7.45. The van der Waals surface area contributed by atoms with Gasteiger partial charge in [-0.3, -0.25) is 4.98 Å². The summed E-state index contributed by atoms with van der Waals surface area (Å²) in [5, 5.41) is 1.46. The Kier molecular flexibility index (Phi) is 5.29. The van der Waals surface area contributed by atoms with Crippen LogP contribution in [0.2, 0.25) is 0 Å². The molecule has 0 unspecified atom stereocenters. The maximum absolute atomic E-state index is 13.5. The van der Waals surface area contributed by atoms with Crippen LogP contribution in [-0.2, 0) is 12.6 Å². The van der Waals surface area contributed by atoms with Gasteiger partial charge in [-0.05, 0) is 66.0 Å². The molecule has 2 aromatic heterocycles. The molecule has 0 saturated heterocycles. The van der Waals surface area contributed by atoms with Gasteiger partial charge in [0.1, 0.15) is 10.8 Å². The summed E-state index contributed by atoms with van der Waals surface area (Å²) in [6.07, 6.45) is -0.806. The summed E-state index contributed by atoms with van der Waals surface area (Å²) >= 11 is 1.73. The van der Waals surface area contributed by atoms with Crippen molar-refractivity contribution in [3.63, 3.8) is 0 Å². The molecule has 1 aliphatic rings. The van der Waals surface area contributed by atoms with E-state index < -0.39 is 11.7 Å². The lowest BCUT2D eigenvalue weighted by Crippen LogP contribution is -2.07. The normalized spacial score (nSPS) is 13.8. The highest BCUT2D eigenvalue weighted by Crippen LogP contribution is 2.39. The summed E-state index contributed by atoms with van der Waals surface area (Å²) in [6, 6.07) is 15.4. The molecule has 0 atom stereocenters. The number of benzene rings is 2. The van der Waals surface area contributed by atoms with Crippen LogP contribution < -0.4 is 4.74 Å². The Morgan fingerprint density at radius 2 is 1.88 bits per heavy atom. The number of pyridine rings is 2. The van der Waals surface area contributed by atoms with Crippen molar-refractivity contribution < 1.29 is 17.9 Å². The van der Waals surface area contributed by atoms with Crippen LogP contribution in [0.3, 0.4) is 0 Å². The van der Waals surface area contributed by atoms with Gasteiger partial charge in [-0.15, -0.1) is 11.8 Å². The predicted molar refractivity (Wildman–Crippen MR) is 120 cm³/mol. The van der Waals surface area contributed by atoms with Crippen molar-refractivity contribution in [1.29, 1.82) is 0 Å². The fourth-order valence-corrected chi connectivity index (χ4v) is 5.02. The standard InChI is InChI=1S/C25H19F3N2OS/c1-15-14-29-23-19(8-3-9-20(23)25(26,27)28)22(15)17-5-2-7-18(13-17)31-21-11-10-16-6-4-12-32-24(16)30-21/h2-3,5,7-11,13-14H,4,6,12H2,1H3. The average Bonchev–Trinajstić information content (AvgIpc) is 2.78. The van der Waals surface area contributed by atoms with Gasteiger partial charge in [0.05, 0.1) is 11.1 Å². The van der Waals surface area contributed by atoms with E-state index in [1.165, 1.54) is 17.8 Å². The van der Waals surface area contributed by atoms with Crippen LogP contribution in [0.1, 0.15) is 23.1 Å². The van der Waals surface area contributed by atoms with Crippen molar-refractivity contribution in [3.8, 4) is 22.8 Å². The molecular weight excluding hydrogens is 433 g/mol. The lowest BCUT2D eigenvalue weighted by molar-refractivity contribution is -0.136. The monoisotopic (exact) mass is 452 g/mol. The third kappa shape index (κ3) is 3.93. The van der Waals surface area contributed by atoms with E-state index in [9.17, 15) is 13.2 Å². The number of nitrogens with zero attached hydrogens (tertiary/aromatic N) is 2. The van der Waals surface area contributed by atoms with Gasteiger partial charge < -0.3 is 4.74 Å². The lowest BCUT2D eigenvalue weighted by Gasteiger charge is -2.16. The van der Waals surface area contributed by atoms with Gasteiger partial charge >= 0.3 is 6.18 Å². The Labute approximate surface area is 187 Å². The highest BCUT2D eigenvalue weighted by atomic mass is 32.2. The Balaban J connectivity index is 1.55. The maximum atomic E-state index is 13.5. The van der Waals surface area contributed by atoms with Crippen LogP contribution in [0.25, 0.3) is 22.0 Å². The second-order valence-electron chi connectivity index (χ2n) is 7.71. The Hall–Kier alpha value is -3.06. The highest BCUT2D eigenvalue weighted by molar-refractivity contribution is 7.99. The largest absolute Gasteiger partial charge is 0.439 e. The van der Waals surface area contributed by atoms with Crippen LogP contribution in [0, 0.1) is 6.92 Å². The molecule has 1 aliphatic heterocycles. The van der Waals surface area contributed by atoms with E-state index in [0.717, 1.165) is 40.8 Å². The van der Waals surface area contributed by atoms with E-state index in [2.05, 4.69) is 9.97 Å². The molecule has 0 saturated carbocycles. The summed E-state index contributed by atoms with van der Waals surface area (Å²) in [5.41, 5.74) is 2.71. The number of halogens is 3. The van der Waals surface area contributed by atoms with E-state index in [4.69, 9.17) is 4.74 Å². The molecular formula is C25H19F3N2OS. The van der Waals surface area contributed by atoms with E-state index in [0.29, 0.717) is 22.6 Å². The van der Waals surface area contributed by atoms with E-state index in [1.807, 2.05) is 43.3 Å². The first-order valence-electron chi connectivity index (χ1n) is 10.3. The number of hydrogen-bond donors (Lipinski definition) is 0. The van der Waals surface area contributed by atoms with Crippen molar-refractivity contribution >= 4 is 22.7 Å². The van der Waals surface area contributed by atoms with Crippen LogP contribution in [0.5, 0.6) is 11.6 Å². The fourth-order valence-electron chi connectivity index (χ4n) is 4.03. The number of aromatic nitrogens is 2. The Bertz CT molecular complexity index is 1320. The van der Waals surface area contributed by atoms with Gasteiger partial charge in [0.15, 0.2) is 0 Å². The van der Waals surface area contributed by atoms with Gasteiger partial charge in [-0.25, -0.2) is 4.98 Å². The molecule has 0 fully saturated rings. The molecule has 0 amide bonds. The second kappa shape index (κ2) is 8.13. The van der Waals surface area contributed by atoms with Crippen LogP contribution in [0.4, 0.5) is 13.2 Å². The molecule has 162 valence electrons. The minimum atomic E-state index is -4.47. The van der Waals surface area contributed by atoms with Crippen molar-refractivity contribution in [3.05, 3.63) is 77.5 Å². The van der Waals surface area contributed by atoms with E-state index >= 15 is 0 Å². The number of hydrogen-bond acceptors (Lipinski definition) is 4. The van der Waals surface area contributed by atoms with Crippen molar-refractivity contribution in [2.75, 3.05) is 5.75 Å². The topological polar surface area (TPSA) is 35.0 Å². The number of rotatable bonds is 3. The zero-order chi connectivity index (χ0) is 22.3. The minimum Gasteiger partial charge on any atom is -0.439 e. The first kappa shape index (κ1) is 20.8. The van der Waals surface area contributed by atoms with Gasteiger partial charge in [-0.1, -0.05) is 30.3 Å². The zero-order valence-corrected chi connectivity index (χ0v) is 18.1. The molecule has 0 bridgehead atoms. The molecule has 0 N–H and O–H groups in total. The van der Waals surface area contributed by atoms with Crippen molar-refractivity contribution in [1.82, 2.24) is 9.97 Å². The van der Waals surface area contributed by atoms with Gasteiger partial charge in [-0.2, -0.15) is 13.2 Å². The number of fused-ring (bicyclic) bond motifs is 2. The summed E-state index contributed by atoms with van der Waals surface area (Å²) in [6.45, 7) is 1.85. The summed E-state index contributed by atoms with van der Waals surface area (Å²) < 4.78 is 46.5. The minimum absolute atomic E-state index is 0.0553. The smallest absolute Gasteiger partial charge is 0.418 e. The molecule has 0 spiro atoms. The highest BCUT2D eigenvalue weighted by Gasteiger charge is 2.33. The van der Waals surface area contributed by atoms with Gasteiger partial charge in [0.25, 0.3) is 0 Å². The summed E-state index contributed by atoms with van der Waals surface area (Å²) in [5.74, 6) is 2.13. The Morgan fingerprint density at radius 3 is 2.72 bits per heavy atom.